The van der Waals surface area contributed by atoms with Crippen LogP contribution in [0.15, 0.2) is 41.2 Å². The van der Waals surface area contributed by atoms with Crippen LogP contribution in [0.4, 0.5) is 0 Å². The first-order chi connectivity index (χ1) is 11.1. The van der Waals surface area contributed by atoms with E-state index in [1.807, 2.05) is 30.3 Å². The number of hydrogen-bond donors (Lipinski definition) is 0. The van der Waals surface area contributed by atoms with E-state index in [1.54, 1.807) is 10.6 Å². The Morgan fingerprint density at radius 2 is 2.04 bits per heavy atom. The van der Waals surface area contributed by atoms with Crippen molar-refractivity contribution in [2.75, 3.05) is 0 Å². The second kappa shape index (κ2) is 6.41. The molecule has 0 fully saturated rings. The van der Waals surface area contributed by atoms with Crippen molar-refractivity contribution in [3.8, 4) is 5.75 Å². The van der Waals surface area contributed by atoms with Crippen molar-refractivity contribution in [1.82, 2.24) is 4.57 Å². The van der Waals surface area contributed by atoms with E-state index in [2.05, 4.69) is 6.92 Å². The van der Waals surface area contributed by atoms with E-state index in [4.69, 9.17) is 4.74 Å². The zero-order valence-electron chi connectivity index (χ0n) is 13.5. The first kappa shape index (κ1) is 15.5. The first-order valence-electron chi connectivity index (χ1n) is 8.05. The molecular weight excluding hydrogens is 290 g/mol. The third-order valence-corrected chi connectivity index (χ3v) is 4.42. The van der Waals surface area contributed by atoms with Crippen LogP contribution >= 0.6 is 0 Å². The lowest BCUT2D eigenvalue weighted by atomic mass is 9.86. The lowest BCUT2D eigenvalue weighted by Crippen LogP contribution is -2.29. The molecule has 4 heteroatoms. The highest BCUT2D eigenvalue weighted by molar-refractivity contribution is 5.69. The van der Waals surface area contributed by atoms with Gasteiger partial charge in [-0.3, -0.25) is 9.59 Å². The van der Waals surface area contributed by atoms with Crippen LogP contribution in [0.2, 0.25) is 0 Å². The van der Waals surface area contributed by atoms with E-state index >= 15 is 0 Å². The summed E-state index contributed by atoms with van der Waals surface area (Å²) in [6.45, 7) is 3.99. The summed E-state index contributed by atoms with van der Waals surface area (Å²) in [5, 5.41) is 0. The van der Waals surface area contributed by atoms with Crippen molar-refractivity contribution in [1.29, 1.82) is 0 Å². The summed E-state index contributed by atoms with van der Waals surface area (Å²) in [7, 11) is 0. The van der Waals surface area contributed by atoms with Crippen LogP contribution in [-0.2, 0) is 17.8 Å². The van der Waals surface area contributed by atoms with Crippen LogP contribution < -0.4 is 10.3 Å². The third-order valence-electron chi connectivity index (χ3n) is 4.42. The fourth-order valence-corrected chi connectivity index (χ4v) is 3.30. The fourth-order valence-electron chi connectivity index (χ4n) is 3.30. The number of esters is 1. The molecule has 23 heavy (non-hydrogen) atoms. The van der Waals surface area contributed by atoms with Crippen molar-refractivity contribution in [2.45, 2.75) is 45.6 Å². The van der Waals surface area contributed by atoms with Gasteiger partial charge in [-0.05, 0) is 42.4 Å². The predicted octanol–water partition coefficient (Wildman–Crippen LogP) is 3.26. The van der Waals surface area contributed by atoms with E-state index in [0.29, 0.717) is 12.5 Å². The lowest BCUT2D eigenvalue weighted by molar-refractivity contribution is -0.132. The van der Waals surface area contributed by atoms with Crippen molar-refractivity contribution in [2.24, 2.45) is 0 Å². The van der Waals surface area contributed by atoms with Crippen LogP contribution in [0.5, 0.6) is 5.75 Å². The molecule has 3 rings (SSSR count). The molecule has 0 saturated heterocycles. The Hall–Kier alpha value is -2.36. The van der Waals surface area contributed by atoms with Gasteiger partial charge < -0.3 is 9.30 Å². The molecule has 1 aliphatic rings. The predicted molar refractivity (Wildman–Crippen MR) is 88.9 cm³/mol. The topological polar surface area (TPSA) is 48.3 Å². The van der Waals surface area contributed by atoms with Crippen molar-refractivity contribution >= 4 is 5.97 Å². The number of nitrogens with zero attached hydrogens (tertiary/aromatic N) is 1. The molecule has 0 N–H and O–H groups in total. The summed E-state index contributed by atoms with van der Waals surface area (Å²) < 4.78 is 6.94. The zero-order chi connectivity index (χ0) is 16.4. The van der Waals surface area contributed by atoms with Gasteiger partial charge in [-0.1, -0.05) is 37.3 Å². The number of pyridine rings is 1. The monoisotopic (exact) mass is 311 g/mol. The molecule has 0 bridgehead atoms. The normalized spacial score (nSPS) is 16.7. The summed E-state index contributed by atoms with van der Waals surface area (Å²) in [5.41, 5.74) is 3.04. The van der Waals surface area contributed by atoms with Crippen molar-refractivity contribution in [3.63, 3.8) is 0 Å². The second-order valence-corrected chi connectivity index (χ2v) is 6.17. The Morgan fingerprint density at radius 1 is 1.30 bits per heavy atom. The zero-order valence-corrected chi connectivity index (χ0v) is 13.5. The van der Waals surface area contributed by atoms with Crippen LogP contribution in [-0.4, -0.2) is 10.5 Å². The summed E-state index contributed by atoms with van der Waals surface area (Å²) in [4.78, 5) is 24.1. The van der Waals surface area contributed by atoms with Gasteiger partial charge in [0.25, 0.3) is 5.56 Å². The average Bonchev–Trinajstić information content (AvgIpc) is 2.53. The Bertz CT molecular complexity index is 777. The molecule has 4 nitrogen and oxygen atoms in total. The van der Waals surface area contributed by atoms with Gasteiger partial charge in [-0.2, -0.15) is 0 Å². The van der Waals surface area contributed by atoms with Crippen LogP contribution in [0.1, 0.15) is 49.4 Å². The van der Waals surface area contributed by atoms with E-state index < -0.39 is 5.97 Å². The number of rotatable bonds is 3. The molecule has 120 valence electrons. The van der Waals surface area contributed by atoms with E-state index in [1.165, 1.54) is 6.92 Å². The maximum absolute atomic E-state index is 12.8. The van der Waals surface area contributed by atoms with Crippen LogP contribution in [0.25, 0.3) is 0 Å². The molecule has 1 heterocycles. The average molecular weight is 311 g/mol. The summed E-state index contributed by atoms with van der Waals surface area (Å²) in [6.07, 6.45) is 3.06. The highest BCUT2D eigenvalue weighted by Gasteiger charge is 2.23. The highest BCUT2D eigenvalue weighted by atomic mass is 16.5. The number of carbonyl (C=O) groups is 1. The third kappa shape index (κ3) is 3.21. The SMILES string of the molecule is CC(=O)Oc1cc2c(n(Cc3ccccc3)c1=O)CCCC2C. The molecule has 0 aliphatic heterocycles. The Balaban J connectivity index is 2.13. The molecule has 0 spiro atoms. The molecule has 1 aromatic carbocycles. The Morgan fingerprint density at radius 3 is 2.74 bits per heavy atom. The minimum absolute atomic E-state index is 0.140. The smallest absolute Gasteiger partial charge is 0.308 e. The standard InChI is InChI=1S/C19H21NO3/c1-13-7-6-10-17-16(13)11-18(23-14(2)21)19(22)20(17)12-15-8-4-3-5-9-15/h3-5,8-9,11,13H,6-7,10,12H2,1-2H3. The Kier molecular flexibility index (Phi) is 4.33. The molecule has 0 amide bonds. The number of ether oxygens (including phenoxy) is 1. The minimum atomic E-state index is -0.461. The molecule has 1 aliphatic carbocycles. The first-order valence-corrected chi connectivity index (χ1v) is 8.05. The fraction of sp³-hybridized carbons (Fsp3) is 0.368. The maximum atomic E-state index is 12.8. The number of carbonyl (C=O) groups excluding carboxylic acids is 1. The van der Waals surface area contributed by atoms with Gasteiger partial charge in [0.15, 0.2) is 5.75 Å². The van der Waals surface area contributed by atoms with Gasteiger partial charge in [0.2, 0.25) is 0 Å². The highest BCUT2D eigenvalue weighted by Crippen LogP contribution is 2.32. The Labute approximate surface area is 135 Å². The quantitative estimate of drug-likeness (QED) is 0.817. The number of fused-ring (bicyclic) bond motifs is 1. The van der Waals surface area contributed by atoms with E-state index in [-0.39, 0.29) is 11.3 Å². The second-order valence-electron chi connectivity index (χ2n) is 6.17. The molecular formula is C19H21NO3. The molecule has 0 radical (unpaired) electrons. The lowest BCUT2D eigenvalue weighted by Gasteiger charge is -2.26. The maximum Gasteiger partial charge on any atom is 0.308 e. The van der Waals surface area contributed by atoms with Gasteiger partial charge in [-0.25, -0.2) is 0 Å². The van der Waals surface area contributed by atoms with Crippen LogP contribution in [0.3, 0.4) is 0 Å². The van der Waals surface area contributed by atoms with Gasteiger partial charge in [0, 0.05) is 12.6 Å². The van der Waals surface area contributed by atoms with E-state index in [0.717, 1.165) is 36.1 Å². The van der Waals surface area contributed by atoms with Crippen molar-refractivity contribution in [3.05, 3.63) is 63.6 Å². The van der Waals surface area contributed by atoms with Gasteiger partial charge >= 0.3 is 5.97 Å². The van der Waals surface area contributed by atoms with Gasteiger partial charge in [-0.15, -0.1) is 0 Å². The molecule has 0 saturated carbocycles. The largest absolute Gasteiger partial charge is 0.421 e. The number of benzene rings is 1. The molecule has 1 atom stereocenters. The number of hydrogen-bond acceptors (Lipinski definition) is 3. The summed E-state index contributed by atoms with van der Waals surface area (Å²) in [5.74, 6) is 0.0494. The summed E-state index contributed by atoms with van der Waals surface area (Å²) in [6, 6.07) is 11.7. The summed E-state index contributed by atoms with van der Waals surface area (Å²) >= 11 is 0. The van der Waals surface area contributed by atoms with Gasteiger partial charge in [0.05, 0.1) is 6.54 Å². The number of aromatic nitrogens is 1. The molecule has 2 aromatic rings. The molecule has 1 aromatic heterocycles. The molecule has 1 unspecified atom stereocenters. The van der Waals surface area contributed by atoms with Gasteiger partial charge in [0.1, 0.15) is 0 Å². The minimum Gasteiger partial charge on any atom is -0.421 e. The van der Waals surface area contributed by atoms with Crippen LogP contribution in [0, 0.1) is 0 Å². The van der Waals surface area contributed by atoms with E-state index in [9.17, 15) is 9.59 Å². The van der Waals surface area contributed by atoms with Crippen molar-refractivity contribution < 1.29 is 9.53 Å².